The lowest BCUT2D eigenvalue weighted by molar-refractivity contribution is 0.324. The van der Waals surface area contributed by atoms with Gasteiger partial charge >= 0.3 is 0 Å². The molecule has 1 N–H and O–H groups in total. The summed E-state index contributed by atoms with van der Waals surface area (Å²) in [6.45, 7) is 5.65. The molecule has 0 spiro atoms. The molecule has 0 saturated heterocycles. The minimum atomic E-state index is -3.43. The highest BCUT2D eigenvalue weighted by Crippen LogP contribution is 2.45. The Kier molecular flexibility index (Phi) is 7.03. The van der Waals surface area contributed by atoms with Crippen LogP contribution in [0.5, 0.6) is 11.6 Å². The molecule has 0 aliphatic heterocycles. The molecule has 39 heavy (non-hydrogen) atoms. The first-order valence-electron chi connectivity index (χ1n) is 13.0. The highest BCUT2D eigenvalue weighted by atomic mass is 32.2. The number of nitriles is 2. The molecule has 0 unspecified atom stereocenters. The van der Waals surface area contributed by atoms with Crippen molar-refractivity contribution >= 4 is 26.6 Å². The first-order chi connectivity index (χ1) is 18.8. The summed E-state index contributed by atoms with van der Waals surface area (Å²) in [5.74, 6) is 0.815. The zero-order valence-electron chi connectivity index (χ0n) is 22.2. The monoisotopic (exact) mass is 539 g/mol. The summed E-state index contributed by atoms with van der Waals surface area (Å²) in [6, 6.07) is 17.5. The van der Waals surface area contributed by atoms with Crippen LogP contribution in [0.25, 0.3) is 22.2 Å². The number of aryl methyl sites for hydroxylation is 2. The molecule has 4 aromatic rings. The van der Waals surface area contributed by atoms with Crippen molar-refractivity contribution in [3.8, 4) is 35.0 Å². The first kappa shape index (κ1) is 26.3. The van der Waals surface area contributed by atoms with Crippen molar-refractivity contribution in [1.82, 2.24) is 9.55 Å². The van der Waals surface area contributed by atoms with Crippen LogP contribution in [0, 0.1) is 36.5 Å². The Hall–Kier alpha value is -4.34. The third-order valence-electron chi connectivity index (χ3n) is 7.20. The van der Waals surface area contributed by atoms with Crippen LogP contribution in [0.4, 0.5) is 5.69 Å². The van der Waals surface area contributed by atoms with Crippen LogP contribution < -0.4 is 9.46 Å². The lowest BCUT2D eigenvalue weighted by Crippen LogP contribution is -2.18. The van der Waals surface area contributed by atoms with Crippen molar-refractivity contribution in [3.05, 3.63) is 70.9 Å². The zero-order valence-corrected chi connectivity index (χ0v) is 23.0. The number of rotatable bonds is 8. The van der Waals surface area contributed by atoms with Gasteiger partial charge in [0.1, 0.15) is 23.5 Å². The van der Waals surface area contributed by atoms with E-state index in [1.165, 1.54) is 0 Å². The number of hydrogen-bond donors (Lipinski definition) is 1. The Bertz CT molecular complexity index is 1770. The smallest absolute Gasteiger partial charge is 0.237 e. The van der Waals surface area contributed by atoms with E-state index in [1.54, 1.807) is 24.4 Å². The van der Waals surface area contributed by atoms with E-state index in [0.717, 1.165) is 52.5 Å². The number of ether oxygens (including phenoxy) is 1. The fourth-order valence-electron chi connectivity index (χ4n) is 5.09. The van der Waals surface area contributed by atoms with Gasteiger partial charge in [0, 0.05) is 29.3 Å². The number of fused-ring (bicyclic) bond motifs is 1. The van der Waals surface area contributed by atoms with Crippen molar-refractivity contribution in [3.63, 3.8) is 0 Å². The van der Waals surface area contributed by atoms with E-state index in [4.69, 9.17) is 4.74 Å². The number of hydrogen-bond acceptors (Lipinski definition) is 6. The molecule has 2 aromatic heterocycles. The number of nitrogens with one attached hydrogen (secondary N) is 1. The van der Waals surface area contributed by atoms with E-state index in [-0.39, 0.29) is 17.7 Å². The molecule has 2 heterocycles. The molecule has 0 bridgehead atoms. The Morgan fingerprint density at radius 2 is 1.90 bits per heavy atom. The third kappa shape index (κ3) is 4.94. The lowest BCUT2D eigenvalue weighted by Gasteiger charge is -2.30. The zero-order chi connectivity index (χ0) is 27.7. The molecule has 0 amide bonds. The van der Waals surface area contributed by atoms with Gasteiger partial charge in [0.05, 0.1) is 28.2 Å². The second-order valence-electron chi connectivity index (χ2n) is 9.94. The lowest BCUT2D eigenvalue weighted by atomic mass is 9.91. The largest absolute Gasteiger partial charge is 0.438 e. The van der Waals surface area contributed by atoms with Crippen LogP contribution in [0.3, 0.4) is 0 Å². The van der Waals surface area contributed by atoms with Gasteiger partial charge in [-0.15, -0.1) is 0 Å². The van der Waals surface area contributed by atoms with Gasteiger partial charge in [-0.25, -0.2) is 13.4 Å². The molecule has 1 fully saturated rings. The molecule has 198 valence electrons. The summed E-state index contributed by atoms with van der Waals surface area (Å²) in [4.78, 5) is 4.21. The highest BCUT2D eigenvalue weighted by molar-refractivity contribution is 7.92. The summed E-state index contributed by atoms with van der Waals surface area (Å²) >= 11 is 0. The number of aromatic nitrogens is 2. The molecular formula is C30H29N5O3S. The number of benzene rings is 2. The maximum atomic E-state index is 12.4. The van der Waals surface area contributed by atoms with Crippen LogP contribution >= 0.6 is 0 Å². The maximum Gasteiger partial charge on any atom is 0.237 e. The van der Waals surface area contributed by atoms with Crippen LogP contribution in [-0.2, 0) is 10.0 Å². The molecule has 9 heteroatoms. The Labute approximate surface area is 228 Å². The number of anilines is 1. The average molecular weight is 540 g/mol. The predicted octanol–water partition coefficient (Wildman–Crippen LogP) is 6.73. The summed E-state index contributed by atoms with van der Waals surface area (Å²) in [6.07, 6.45) is 5.21. The number of nitrogens with zero attached hydrogens (tertiary/aromatic N) is 4. The molecule has 0 atom stereocenters. The van der Waals surface area contributed by atoms with Crippen molar-refractivity contribution < 1.29 is 13.2 Å². The van der Waals surface area contributed by atoms with Crippen LogP contribution in [0.2, 0.25) is 0 Å². The van der Waals surface area contributed by atoms with E-state index in [2.05, 4.69) is 26.4 Å². The summed E-state index contributed by atoms with van der Waals surface area (Å²) in [7, 11) is -3.43. The molecule has 1 aliphatic carbocycles. The standard InChI is InChI=1S/C30H29N5O3S/c1-4-13-39(36,37)34-27-15-19(2)25(14-20(27)3)29-26(18-32)24-11-10-23(16-28(24)35(29)22-8-5-9-22)38-30-21(17-31)7-6-12-33-30/h6-7,10-12,14-16,22,34H,4-5,8-9,13H2,1-3H3. The van der Waals surface area contributed by atoms with Crippen molar-refractivity contribution in [2.24, 2.45) is 0 Å². The molecule has 8 nitrogen and oxygen atoms in total. The van der Waals surface area contributed by atoms with Crippen LogP contribution in [0.1, 0.15) is 60.9 Å². The van der Waals surface area contributed by atoms with Gasteiger partial charge in [0.15, 0.2) is 0 Å². The van der Waals surface area contributed by atoms with Gasteiger partial charge in [-0.05, 0) is 87.1 Å². The molecule has 5 rings (SSSR count). The SMILES string of the molecule is CCCS(=O)(=O)Nc1cc(C)c(-c2c(C#N)c3ccc(Oc4ncccc4C#N)cc3n2C2CCC2)cc1C. The fraction of sp³-hybridized carbons (Fsp3) is 0.300. The third-order valence-corrected chi connectivity index (χ3v) is 8.67. The molecule has 1 saturated carbocycles. The second-order valence-corrected chi connectivity index (χ2v) is 11.8. The van der Waals surface area contributed by atoms with Crippen molar-refractivity contribution in [1.29, 1.82) is 10.5 Å². The average Bonchev–Trinajstić information content (AvgIpc) is 3.18. The fourth-order valence-corrected chi connectivity index (χ4v) is 6.29. The van der Waals surface area contributed by atoms with Gasteiger partial charge in [0.25, 0.3) is 0 Å². The van der Waals surface area contributed by atoms with E-state index >= 15 is 0 Å². The van der Waals surface area contributed by atoms with Crippen molar-refractivity contribution in [2.45, 2.75) is 52.5 Å². The molecule has 1 aliphatic rings. The number of sulfonamides is 1. The van der Waals surface area contributed by atoms with Gasteiger partial charge in [0.2, 0.25) is 15.9 Å². The van der Waals surface area contributed by atoms with Crippen LogP contribution in [-0.4, -0.2) is 23.7 Å². The highest BCUT2D eigenvalue weighted by Gasteiger charge is 2.29. The van der Waals surface area contributed by atoms with Gasteiger partial charge < -0.3 is 9.30 Å². The predicted molar refractivity (Wildman–Crippen MR) is 151 cm³/mol. The van der Waals surface area contributed by atoms with Gasteiger partial charge in [-0.1, -0.05) is 6.92 Å². The molecular weight excluding hydrogens is 510 g/mol. The summed E-state index contributed by atoms with van der Waals surface area (Å²) in [5, 5.41) is 20.6. The summed E-state index contributed by atoms with van der Waals surface area (Å²) in [5.41, 5.74) is 5.72. The van der Waals surface area contributed by atoms with E-state index in [1.807, 2.05) is 45.0 Å². The minimum Gasteiger partial charge on any atom is -0.438 e. The minimum absolute atomic E-state index is 0.0561. The molecule has 2 aromatic carbocycles. The van der Waals surface area contributed by atoms with Crippen LogP contribution in [0.15, 0.2) is 48.7 Å². The quantitative estimate of drug-likeness (QED) is 0.265. The van der Waals surface area contributed by atoms with Crippen molar-refractivity contribution in [2.75, 3.05) is 10.5 Å². The Morgan fingerprint density at radius 1 is 1.10 bits per heavy atom. The normalized spacial score (nSPS) is 13.5. The van der Waals surface area contributed by atoms with Gasteiger partial charge in [-0.3, -0.25) is 4.72 Å². The molecule has 0 radical (unpaired) electrons. The summed E-state index contributed by atoms with van der Waals surface area (Å²) < 4.78 is 35.8. The van der Waals surface area contributed by atoms with E-state index in [0.29, 0.717) is 29.0 Å². The van der Waals surface area contributed by atoms with E-state index < -0.39 is 10.0 Å². The maximum absolute atomic E-state index is 12.4. The first-order valence-corrected chi connectivity index (χ1v) is 14.6. The Balaban J connectivity index is 1.66. The second kappa shape index (κ2) is 10.4. The Morgan fingerprint density at radius 3 is 2.56 bits per heavy atom. The topological polar surface area (TPSA) is 121 Å². The van der Waals surface area contributed by atoms with E-state index in [9.17, 15) is 18.9 Å². The number of pyridine rings is 1. The van der Waals surface area contributed by atoms with Gasteiger partial charge in [-0.2, -0.15) is 10.5 Å².